The highest BCUT2D eigenvalue weighted by Crippen LogP contribution is 2.21. The largest absolute Gasteiger partial charge is 0.374 e. The summed E-state index contributed by atoms with van der Waals surface area (Å²) in [5, 5.41) is 0. The van der Waals surface area contributed by atoms with Crippen molar-refractivity contribution < 1.29 is 4.74 Å². The molecule has 0 bridgehead atoms. The summed E-state index contributed by atoms with van der Waals surface area (Å²) in [7, 11) is 0. The average Bonchev–Trinajstić information content (AvgIpc) is 2.38. The van der Waals surface area contributed by atoms with Crippen LogP contribution in [-0.4, -0.2) is 12.8 Å². The van der Waals surface area contributed by atoms with Gasteiger partial charge in [-0.1, -0.05) is 62.6 Å². The molecular weight excluding hydrogens is 207 g/mol. The molecule has 1 aliphatic carbocycles. The summed E-state index contributed by atoms with van der Waals surface area (Å²) >= 11 is 0. The first-order valence-corrected chi connectivity index (χ1v) is 6.96. The third kappa shape index (κ3) is 3.88. The van der Waals surface area contributed by atoms with Crippen LogP contribution in [-0.2, 0) is 11.3 Å². The molecule has 0 atom stereocenters. The monoisotopic (exact) mass is 230 g/mol. The maximum atomic E-state index is 5.97. The standard InChI is InChI=1S/C15H23BO/c1-16(2)14-10-8-13(9-11-14)12-17-15-6-4-3-5-7-15/h8-11,15H,3-7,12H2,1-2H3. The van der Waals surface area contributed by atoms with Crippen LogP contribution < -0.4 is 5.46 Å². The van der Waals surface area contributed by atoms with E-state index in [9.17, 15) is 0 Å². The number of benzene rings is 1. The highest BCUT2D eigenvalue weighted by Gasteiger charge is 2.13. The van der Waals surface area contributed by atoms with Crippen LogP contribution in [0.3, 0.4) is 0 Å². The molecule has 1 aromatic rings. The predicted octanol–water partition coefficient (Wildman–Crippen LogP) is 3.50. The Kier molecular flexibility index (Phi) is 4.67. The highest BCUT2D eigenvalue weighted by atomic mass is 16.5. The van der Waals surface area contributed by atoms with Gasteiger partial charge >= 0.3 is 0 Å². The van der Waals surface area contributed by atoms with E-state index >= 15 is 0 Å². The first-order chi connectivity index (χ1) is 8.25. The lowest BCUT2D eigenvalue weighted by molar-refractivity contribution is 0.0169. The average molecular weight is 230 g/mol. The SMILES string of the molecule is CB(C)c1ccc(COC2CCCCC2)cc1. The number of hydrogen-bond donors (Lipinski definition) is 0. The van der Waals surface area contributed by atoms with Crippen LogP contribution in [0.4, 0.5) is 0 Å². The minimum atomic E-state index is 0.508. The van der Waals surface area contributed by atoms with Crippen molar-refractivity contribution in [3.63, 3.8) is 0 Å². The van der Waals surface area contributed by atoms with Crippen molar-refractivity contribution >= 4 is 12.2 Å². The second-order valence-electron chi connectivity index (χ2n) is 5.47. The second-order valence-corrected chi connectivity index (χ2v) is 5.47. The molecule has 0 amide bonds. The summed E-state index contributed by atoms with van der Waals surface area (Å²) < 4.78 is 5.97. The summed E-state index contributed by atoms with van der Waals surface area (Å²) in [6, 6.07) is 8.87. The van der Waals surface area contributed by atoms with Gasteiger partial charge in [0.25, 0.3) is 0 Å². The summed E-state index contributed by atoms with van der Waals surface area (Å²) in [5.41, 5.74) is 2.71. The molecule has 0 saturated heterocycles. The zero-order valence-corrected chi connectivity index (χ0v) is 11.1. The highest BCUT2D eigenvalue weighted by molar-refractivity contribution is 6.70. The second kappa shape index (κ2) is 6.25. The van der Waals surface area contributed by atoms with E-state index in [-0.39, 0.29) is 0 Å². The van der Waals surface area contributed by atoms with Crippen LogP contribution in [0.15, 0.2) is 24.3 Å². The lowest BCUT2D eigenvalue weighted by Crippen LogP contribution is -2.22. The Balaban J connectivity index is 1.82. The normalized spacial score (nSPS) is 17.1. The van der Waals surface area contributed by atoms with Crippen molar-refractivity contribution in [2.24, 2.45) is 0 Å². The van der Waals surface area contributed by atoms with Crippen LogP contribution >= 0.6 is 0 Å². The Labute approximate surface area is 106 Å². The maximum Gasteiger partial charge on any atom is 0.169 e. The van der Waals surface area contributed by atoms with Crippen molar-refractivity contribution in [2.75, 3.05) is 0 Å². The van der Waals surface area contributed by atoms with Crippen LogP contribution in [0.2, 0.25) is 13.6 Å². The summed E-state index contributed by atoms with van der Waals surface area (Å²) in [6.07, 6.45) is 7.10. The van der Waals surface area contributed by atoms with Gasteiger partial charge in [-0.25, -0.2) is 0 Å². The van der Waals surface area contributed by atoms with E-state index in [1.807, 2.05) is 0 Å². The first-order valence-electron chi connectivity index (χ1n) is 6.96. The van der Waals surface area contributed by atoms with Gasteiger partial charge in [0.2, 0.25) is 0 Å². The molecule has 1 aromatic carbocycles. The maximum absolute atomic E-state index is 5.97. The quantitative estimate of drug-likeness (QED) is 0.719. The van der Waals surface area contributed by atoms with Crippen LogP contribution in [0.1, 0.15) is 37.7 Å². The van der Waals surface area contributed by atoms with Crippen molar-refractivity contribution in [3.05, 3.63) is 29.8 Å². The van der Waals surface area contributed by atoms with Gasteiger partial charge in [-0.2, -0.15) is 0 Å². The molecule has 2 heteroatoms. The Morgan fingerprint density at radius 2 is 1.71 bits per heavy atom. The van der Waals surface area contributed by atoms with E-state index in [2.05, 4.69) is 37.9 Å². The van der Waals surface area contributed by atoms with Crippen molar-refractivity contribution in [2.45, 2.75) is 58.5 Å². The topological polar surface area (TPSA) is 9.23 Å². The minimum Gasteiger partial charge on any atom is -0.374 e. The molecular formula is C15H23BO. The van der Waals surface area contributed by atoms with Gasteiger partial charge in [0.05, 0.1) is 12.7 Å². The van der Waals surface area contributed by atoms with E-state index in [0.29, 0.717) is 12.8 Å². The summed E-state index contributed by atoms with van der Waals surface area (Å²) in [6.45, 7) is 5.85. The van der Waals surface area contributed by atoms with Gasteiger partial charge in [0, 0.05) is 0 Å². The molecule has 0 unspecified atom stereocenters. The molecule has 17 heavy (non-hydrogen) atoms. The van der Waals surface area contributed by atoms with E-state index in [0.717, 1.165) is 6.61 Å². The lowest BCUT2D eigenvalue weighted by atomic mass is 9.49. The molecule has 1 saturated carbocycles. The van der Waals surface area contributed by atoms with Crippen LogP contribution in [0, 0.1) is 0 Å². The fraction of sp³-hybridized carbons (Fsp3) is 0.600. The third-order valence-electron chi connectivity index (χ3n) is 3.68. The molecule has 2 rings (SSSR count). The third-order valence-corrected chi connectivity index (χ3v) is 3.68. The van der Waals surface area contributed by atoms with Gasteiger partial charge in [0.1, 0.15) is 0 Å². The molecule has 0 aliphatic heterocycles. The van der Waals surface area contributed by atoms with Crippen LogP contribution in [0.25, 0.3) is 0 Å². The smallest absolute Gasteiger partial charge is 0.169 e. The minimum absolute atomic E-state index is 0.508. The van der Waals surface area contributed by atoms with Gasteiger partial charge in [-0.3, -0.25) is 0 Å². The summed E-state index contributed by atoms with van der Waals surface area (Å²) in [4.78, 5) is 0. The molecule has 0 N–H and O–H groups in total. The first kappa shape index (κ1) is 12.7. The Bertz CT molecular complexity index is 325. The lowest BCUT2D eigenvalue weighted by Gasteiger charge is -2.22. The van der Waals surface area contributed by atoms with Gasteiger partial charge in [0.15, 0.2) is 6.71 Å². The van der Waals surface area contributed by atoms with E-state index < -0.39 is 0 Å². The summed E-state index contributed by atoms with van der Waals surface area (Å²) in [5.74, 6) is 0. The van der Waals surface area contributed by atoms with E-state index in [1.165, 1.54) is 43.1 Å². The molecule has 0 spiro atoms. The zero-order chi connectivity index (χ0) is 12.1. The fourth-order valence-electron chi connectivity index (χ4n) is 2.44. The van der Waals surface area contributed by atoms with Gasteiger partial charge < -0.3 is 4.74 Å². The molecule has 1 nitrogen and oxygen atoms in total. The molecule has 1 aliphatic rings. The molecule has 0 heterocycles. The molecule has 92 valence electrons. The van der Waals surface area contributed by atoms with Crippen LogP contribution in [0.5, 0.6) is 0 Å². The van der Waals surface area contributed by atoms with E-state index in [4.69, 9.17) is 4.74 Å². The van der Waals surface area contributed by atoms with Gasteiger partial charge in [-0.15, -0.1) is 0 Å². The predicted molar refractivity (Wildman–Crippen MR) is 75.2 cm³/mol. The van der Waals surface area contributed by atoms with Crippen molar-refractivity contribution in [1.29, 1.82) is 0 Å². The zero-order valence-electron chi connectivity index (χ0n) is 11.1. The van der Waals surface area contributed by atoms with Gasteiger partial charge in [-0.05, 0) is 18.4 Å². The number of rotatable bonds is 4. The number of hydrogen-bond acceptors (Lipinski definition) is 1. The Morgan fingerprint density at radius 3 is 2.29 bits per heavy atom. The Hall–Kier alpha value is -0.755. The molecule has 1 fully saturated rings. The van der Waals surface area contributed by atoms with E-state index in [1.54, 1.807) is 0 Å². The number of ether oxygens (including phenoxy) is 1. The van der Waals surface area contributed by atoms with Crippen molar-refractivity contribution in [1.82, 2.24) is 0 Å². The molecule has 0 aromatic heterocycles. The van der Waals surface area contributed by atoms with Crippen molar-refractivity contribution in [3.8, 4) is 0 Å². The fourth-order valence-corrected chi connectivity index (χ4v) is 2.44. The molecule has 0 radical (unpaired) electrons. The Morgan fingerprint density at radius 1 is 1.06 bits per heavy atom.